The van der Waals surface area contributed by atoms with Gasteiger partial charge in [-0.15, -0.1) is 0 Å². The molecule has 1 heterocycles. The second kappa shape index (κ2) is 6.58. The van der Waals surface area contributed by atoms with Crippen LogP contribution in [-0.4, -0.2) is 30.0 Å². The molecule has 0 aliphatic carbocycles. The summed E-state index contributed by atoms with van der Waals surface area (Å²) >= 11 is 0. The standard InChI is InChI=1S/C11H21N3O/c1-9(2)8-15-5-4-12-6-11-7-13-14-10(11)3/h7,9,12H,4-6,8H2,1-3H3,(H,13,14). The molecule has 15 heavy (non-hydrogen) atoms. The Morgan fingerprint density at radius 3 is 2.93 bits per heavy atom. The summed E-state index contributed by atoms with van der Waals surface area (Å²) in [7, 11) is 0. The van der Waals surface area contributed by atoms with Crippen LogP contribution in [0, 0.1) is 12.8 Å². The SMILES string of the molecule is Cc1[nH]ncc1CNCCOCC(C)C. The number of nitrogens with zero attached hydrogens (tertiary/aromatic N) is 1. The van der Waals surface area contributed by atoms with E-state index in [1.165, 1.54) is 5.56 Å². The minimum Gasteiger partial charge on any atom is -0.380 e. The van der Waals surface area contributed by atoms with Gasteiger partial charge in [0.2, 0.25) is 0 Å². The van der Waals surface area contributed by atoms with Gasteiger partial charge in [0.05, 0.1) is 12.8 Å². The van der Waals surface area contributed by atoms with Crippen molar-refractivity contribution in [1.82, 2.24) is 15.5 Å². The van der Waals surface area contributed by atoms with Crippen molar-refractivity contribution in [3.8, 4) is 0 Å². The van der Waals surface area contributed by atoms with Crippen molar-refractivity contribution in [1.29, 1.82) is 0 Å². The summed E-state index contributed by atoms with van der Waals surface area (Å²) < 4.78 is 5.46. The molecule has 1 aromatic heterocycles. The first kappa shape index (κ1) is 12.2. The van der Waals surface area contributed by atoms with E-state index in [0.29, 0.717) is 5.92 Å². The van der Waals surface area contributed by atoms with Gasteiger partial charge in [0.15, 0.2) is 0 Å². The Labute approximate surface area is 91.4 Å². The maximum absolute atomic E-state index is 5.46. The van der Waals surface area contributed by atoms with Gasteiger partial charge in [-0.2, -0.15) is 5.10 Å². The lowest BCUT2D eigenvalue weighted by atomic mass is 10.2. The lowest BCUT2D eigenvalue weighted by Crippen LogP contribution is -2.20. The van der Waals surface area contributed by atoms with Gasteiger partial charge in [0.25, 0.3) is 0 Å². The molecule has 0 aromatic carbocycles. The van der Waals surface area contributed by atoms with Crippen molar-refractivity contribution in [2.45, 2.75) is 27.3 Å². The second-order valence-electron chi connectivity index (χ2n) is 4.17. The maximum Gasteiger partial charge on any atom is 0.0591 e. The number of rotatable bonds is 7. The quantitative estimate of drug-likeness (QED) is 0.672. The third kappa shape index (κ3) is 4.95. The van der Waals surface area contributed by atoms with Gasteiger partial charge in [-0.3, -0.25) is 5.10 Å². The normalized spacial score (nSPS) is 11.2. The molecule has 0 atom stereocenters. The monoisotopic (exact) mass is 211 g/mol. The Hall–Kier alpha value is -0.870. The third-order valence-corrected chi connectivity index (χ3v) is 2.12. The van der Waals surface area contributed by atoms with E-state index in [1.807, 2.05) is 13.1 Å². The molecule has 2 N–H and O–H groups in total. The summed E-state index contributed by atoms with van der Waals surface area (Å²) in [6.45, 7) is 9.69. The minimum atomic E-state index is 0.612. The molecule has 0 unspecified atom stereocenters. The van der Waals surface area contributed by atoms with Crippen LogP contribution < -0.4 is 5.32 Å². The first-order chi connectivity index (χ1) is 7.20. The third-order valence-electron chi connectivity index (χ3n) is 2.12. The number of hydrogen-bond donors (Lipinski definition) is 2. The molecule has 4 heteroatoms. The highest BCUT2D eigenvalue weighted by Crippen LogP contribution is 2.00. The van der Waals surface area contributed by atoms with Crippen LogP contribution in [0.3, 0.4) is 0 Å². The van der Waals surface area contributed by atoms with Crippen LogP contribution in [0.5, 0.6) is 0 Å². The maximum atomic E-state index is 5.46. The minimum absolute atomic E-state index is 0.612. The number of nitrogens with one attached hydrogen (secondary N) is 2. The van der Waals surface area contributed by atoms with Gasteiger partial charge >= 0.3 is 0 Å². The Bertz CT molecular complexity index is 271. The van der Waals surface area contributed by atoms with E-state index < -0.39 is 0 Å². The molecule has 0 aliphatic rings. The highest BCUT2D eigenvalue weighted by molar-refractivity contribution is 5.13. The number of aromatic nitrogens is 2. The molecule has 1 rings (SSSR count). The van der Waals surface area contributed by atoms with Crippen molar-refractivity contribution in [3.63, 3.8) is 0 Å². The molecule has 0 bridgehead atoms. The molecule has 0 amide bonds. The van der Waals surface area contributed by atoms with Crippen LogP contribution >= 0.6 is 0 Å². The molecule has 0 spiro atoms. The van der Waals surface area contributed by atoms with Crippen molar-refractivity contribution >= 4 is 0 Å². The second-order valence-corrected chi connectivity index (χ2v) is 4.17. The zero-order valence-corrected chi connectivity index (χ0v) is 9.84. The molecule has 0 saturated carbocycles. The molecule has 0 radical (unpaired) electrons. The highest BCUT2D eigenvalue weighted by atomic mass is 16.5. The molecule has 86 valence electrons. The molecule has 0 fully saturated rings. The van der Waals surface area contributed by atoms with Crippen LogP contribution in [0.2, 0.25) is 0 Å². The fraction of sp³-hybridized carbons (Fsp3) is 0.727. The molecule has 0 saturated heterocycles. The van der Waals surface area contributed by atoms with Crippen LogP contribution in [0.4, 0.5) is 0 Å². The lowest BCUT2D eigenvalue weighted by Gasteiger charge is -2.07. The van der Waals surface area contributed by atoms with Crippen molar-refractivity contribution in [2.24, 2.45) is 5.92 Å². The Balaban J connectivity index is 2.00. The average Bonchev–Trinajstić information content (AvgIpc) is 2.57. The van der Waals surface area contributed by atoms with Crippen LogP contribution in [0.1, 0.15) is 25.1 Å². The number of ether oxygens (including phenoxy) is 1. The van der Waals surface area contributed by atoms with Gasteiger partial charge in [-0.1, -0.05) is 13.8 Å². The van der Waals surface area contributed by atoms with E-state index in [-0.39, 0.29) is 0 Å². The summed E-state index contributed by atoms with van der Waals surface area (Å²) in [5.74, 6) is 0.612. The first-order valence-corrected chi connectivity index (χ1v) is 5.47. The predicted molar refractivity (Wildman–Crippen MR) is 60.7 cm³/mol. The smallest absolute Gasteiger partial charge is 0.0591 e. The fourth-order valence-electron chi connectivity index (χ4n) is 1.24. The number of H-pyrrole nitrogens is 1. The zero-order chi connectivity index (χ0) is 11.1. The summed E-state index contributed by atoms with van der Waals surface area (Å²) in [6.07, 6.45) is 1.86. The lowest BCUT2D eigenvalue weighted by molar-refractivity contribution is 0.111. The van der Waals surface area contributed by atoms with E-state index in [2.05, 4.69) is 29.4 Å². The highest BCUT2D eigenvalue weighted by Gasteiger charge is 1.98. The molecular weight excluding hydrogens is 190 g/mol. The van der Waals surface area contributed by atoms with Gasteiger partial charge in [-0.25, -0.2) is 0 Å². The number of hydrogen-bond acceptors (Lipinski definition) is 3. The van der Waals surface area contributed by atoms with E-state index >= 15 is 0 Å². The van der Waals surface area contributed by atoms with Crippen LogP contribution in [0.25, 0.3) is 0 Å². The predicted octanol–water partition coefficient (Wildman–Crippen LogP) is 1.48. The topological polar surface area (TPSA) is 49.9 Å². The molecule has 1 aromatic rings. The molecule has 0 aliphatic heterocycles. The van der Waals surface area contributed by atoms with Gasteiger partial charge in [0, 0.05) is 31.0 Å². The van der Waals surface area contributed by atoms with Gasteiger partial charge < -0.3 is 10.1 Å². The van der Waals surface area contributed by atoms with Crippen LogP contribution in [0.15, 0.2) is 6.20 Å². The van der Waals surface area contributed by atoms with E-state index in [0.717, 1.165) is 32.0 Å². The summed E-state index contributed by atoms with van der Waals surface area (Å²) in [5, 5.41) is 10.2. The van der Waals surface area contributed by atoms with Crippen LogP contribution in [-0.2, 0) is 11.3 Å². The average molecular weight is 211 g/mol. The fourth-order valence-corrected chi connectivity index (χ4v) is 1.24. The number of aromatic amines is 1. The Morgan fingerprint density at radius 2 is 2.33 bits per heavy atom. The van der Waals surface area contributed by atoms with E-state index in [1.54, 1.807) is 0 Å². The Morgan fingerprint density at radius 1 is 1.53 bits per heavy atom. The number of aryl methyl sites for hydroxylation is 1. The first-order valence-electron chi connectivity index (χ1n) is 5.47. The van der Waals surface area contributed by atoms with Crippen molar-refractivity contribution in [3.05, 3.63) is 17.5 Å². The van der Waals surface area contributed by atoms with Crippen molar-refractivity contribution < 1.29 is 4.74 Å². The Kier molecular flexibility index (Phi) is 5.36. The summed E-state index contributed by atoms with van der Waals surface area (Å²) in [4.78, 5) is 0. The largest absolute Gasteiger partial charge is 0.380 e. The van der Waals surface area contributed by atoms with Crippen molar-refractivity contribution in [2.75, 3.05) is 19.8 Å². The molecular formula is C11H21N3O. The zero-order valence-electron chi connectivity index (χ0n) is 9.84. The van der Waals surface area contributed by atoms with Gasteiger partial charge in [-0.05, 0) is 12.8 Å². The summed E-state index contributed by atoms with van der Waals surface area (Å²) in [5.41, 5.74) is 2.35. The van der Waals surface area contributed by atoms with E-state index in [9.17, 15) is 0 Å². The van der Waals surface area contributed by atoms with Gasteiger partial charge in [0.1, 0.15) is 0 Å². The summed E-state index contributed by atoms with van der Waals surface area (Å²) in [6, 6.07) is 0. The van der Waals surface area contributed by atoms with E-state index in [4.69, 9.17) is 4.74 Å². The molecule has 4 nitrogen and oxygen atoms in total.